The average molecular weight is 584 g/mol. The van der Waals surface area contributed by atoms with Gasteiger partial charge < -0.3 is 20.7 Å². The van der Waals surface area contributed by atoms with Crippen LogP contribution < -0.4 is 11.1 Å². The minimum absolute atomic E-state index is 0.001000. The van der Waals surface area contributed by atoms with Gasteiger partial charge in [0.2, 0.25) is 11.8 Å². The lowest BCUT2D eigenvalue weighted by atomic mass is 9.92. The number of fused-ring (bicyclic) bond motifs is 2. The number of hydrogen-bond acceptors (Lipinski definition) is 7. The minimum atomic E-state index is -1.16. The van der Waals surface area contributed by atoms with Gasteiger partial charge in [-0.2, -0.15) is 0 Å². The number of unbranched alkanes of at least 4 members (excludes halogenated alkanes) is 2. The molecule has 10 heteroatoms. The van der Waals surface area contributed by atoms with Gasteiger partial charge in [0.25, 0.3) is 11.8 Å². The molecule has 224 valence electrons. The molecule has 43 heavy (non-hydrogen) atoms. The van der Waals surface area contributed by atoms with Gasteiger partial charge in [-0.3, -0.25) is 29.1 Å². The number of nitrogens with zero attached hydrogens (tertiary/aromatic N) is 3. The number of aldehydes is 1. The van der Waals surface area contributed by atoms with E-state index >= 15 is 0 Å². The van der Waals surface area contributed by atoms with Gasteiger partial charge in [-0.25, -0.2) is 0 Å². The summed E-state index contributed by atoms with van der Waals surface area (Å²) in [6, 6.07) is 16.1. The van der Waals surface area contributed by atoms with E-state index in [0.29, 0.717) is 30.9 Å². The molecular weight excluding hydrogens is 546 g/mol. The first-order chi connectivity index (χ1) is 20.9. The first kappa shape index (κ1) is 29.9. The number of primary amides is 1. The second-order valence-corrected chi connectivity index (χ2v) is 11.2. The van der Waals surface area contributed by atoms with Gasteiger partial charge in [-0.05, 0) is 62.4 Å². The number of nitrogens with two attached hydrogens (primary N) is 1. The molecule has 1 fully saturated rings. The fourth-order valence-corrected chi connectivity index (χ4v) is 5.98. The number of benzene rings is 2. The maximum Gasteiger partial charge on any atom is 0.262 e. The number of carbonyl (C=O) groups is 5. The molecule has 0 saturated carbocycles. The largest absolute Gasteiger partial charge is 0.385 e. The molecule has 0 aliphatic carbocycles. The highest BCUT2D eigenvalue weighted by atomic mass is 16.2. The second-order valence-electron chi connectivity index (χ2n) is 11.2. The molecule has 3 heterocycles. The van der Waals surface area contributed by atoms with Crippen molar-refractivity contribution in [2.45, 2.75) is 63.3 Å². The SMILES string of the molecule is NC(=O)C(CCC=O)N1C(=O)c2ccc(NCCCCCC(=O)N3CCC(c4ccc5ccccc5n4)CC3)cc2C1=O. The average Bonchev–Trinajstić information content (AvgIpc) is 3.27. The highest BCUT2D eigenvalue weighted by Gasteiger charge is 2.42. The molecule has 1 saturated heterocycles. The van der Waals surface area contributed by atoms with Crippen LogP contribution in [0.25, 0.3) is 10.9 Å². The highest BCUT2D eigenvalue weighted by molar-refractivity contribution is 6.23. The molecule has 0 radical (unpaired) electrons. The predicted molar refractivity (Wildman–Crippen MR) is 162 cm³/mol. The van der Waals surface area contributed by atoms with E-state index in [4.69, 9.17) is 10.7 Å². The first-order valence-corrected chi connectivity index (χ1v) is 15.0. The molecule has 1 unspecified atom stereocenters. The molecule has 4 amide bonds. The van der Waals surface area contributed by atoms with Gasteiger partial charge in [-0.15, -0.1) is 0 Å². The van der Waals surface area contributed by atoms with Crippen LogP contribution in [-0.4, -0.2) is 70.4 Å². The van der Waals surface area contributed by atoms with Crippen LogP contribution in [0, 0.1) is 0 Å². The zero-order chi connectivity index (χ0) is 30.3. The van der Waals surface area contributed by atoms with Crippen molar-refractivity contribution < 1.29 is 24.0 Å². The molecule has 2 aliphatic rings. The molecule has 3 aromatic rings. The van der Waals surface area contributed by atoms with Crippen molar-refractivity contribution in [2.24, 2.45) is 5.73 Å². The monoisotopic (exact) mass is 583 g/mol. The van der Waals surface area contributed by atoms with E-state index in [1.165, 1.54) is 0 Å². The van der Waals surface area contributed by atoms with Gasteiger partial charge in [0, 0.05) is 55.2 Å². The number of para-hydroxylation sites is 1. The zero-order valence-corrected chi connectivity index (χ0v) is 24.2. The number of imide groups is 1. The number of pyridine rings is 1. The van der Waals surface area contributed by atoms with Crippen molar-refractivity contribution >= 4 is 46.5 Å². The molecular formula is C33H37N5O5. The third kappa shape index (κ3) is 6.74. The zero-order valence-electron chi connectivity index (χ0n) is 24.2. The molecule has 0 bridgehead atoms. The summed E-state index contributed by atoms with van der Waals surface area (Å²) in [4.78, 5) is 68.9. The summed E-state index contributed by atoms with van der Waals surface area (Å²) >= 11 is 0. The van der Waals surface area contributed by atoms with Gasteiger partial charge in [-0.1, -0.05) is 30.7 Å². The Morgan fingerprint density at radius 1 is 0.977 bits per heavy atom. The molecule has 1 aromatic heterocycles. The Labute approximate surface area is 250 Å². The molecule has 0 spiro atoms. The minimum Gasteiger partial charge on any atom is -0.385 e. The van der Waals surface area contributed by atoms with Crippen LogP contribution in [-0.2, 0) is 14.4 Å². The lowest BCUT2D eigenvalue weighted by Crippen LogP contribution is -2.47. The molecule has 10 nitrogen and oxygen atoms in total. The quantitative estimate of drug-likeness (QED) is 0.176. The highest BCUT2D eigenvalue weighted by Crippen LogP contribution is 2.30. The third-order valence-electron chi connectivity index (χ3n) is 8.40. The summed E-state index contributed by atoms with van der Waals surface area (Å²) in [6.07, 6.45) is 5.53. The van der Waals surface area contributed by atoms with Crippen LogP contribution in [0.5, 0.6) is 0 Å². The van der Waals surface area contributed by atoms with Crippen molar-refractivity contribution in [2.75, 3.05) is 25.0 Å². The van der Waals surface area contributed by atoms with E-state index in [0.717, 1.165) is 66.7 Å². The van der Waals surface area contributed by atoms with Gasteiger partial charge in [0.05, 0.1) is 16.6 Å². The van der Waals surface area contributed by atoms with Gasteiger partial charge >= 0.3 is 0 Å². The van der Waals surface area contributed by atoms with Crippen LogP contribution in [0.1, 0.15) is 83.7 Å². The van der Waals surface area contributed by atoms with E-state index < -0.39 is 23.8 Å². The summed E-state index contributed by atoms with van der Waals surface area (Å²) in [6.45, 7) is 2.16. The maximum atomic E-state index is 13.0. The summed E-state index contributed by atoms with van der Waals surface area (Å²) < 4.78 is 0. The van der Waals surface area contributed by atoms with Crippen LogP contribution in [0.3, 0.4) is 0 Å². The molecule has 1 atom stereocenters. The Bertz CT molecular complexity index is 1530. The number of rotatable bonds is 13. The van der Waals surface area contributed by atoms with Gasteiger partial charge in [0.15, 0.2) is 0 Å². The third-order valence-corrected chi connectivity index (χ3v) is 8.40. The fraction of sp³-hybridized carbons (Fsp3) is 0.394. The second kappa shape index (κ2) is 13.6. The molecule has 2 aliphatic heterocycles. The van der Waals surface area contributed by atoms with Crippen molar-refractivity contribution in [3.8, 4) is 0 Å². The Morgan fingerprint density at radius 2 is 1.74 bits per heavy atom. The van der Waals surface area contributed by atoms with Crippen molar-refractivity contribution in [3.05, 3.63) is 71.4 Å². The van der Waals surface area contributed by atoms with Crippen LogP contribution in [0.4, 0.5) is 5.69 Å². The maximum absolute atomic E-state index is 13.0. The number of likely N-dealkylation sites (tertiary alicyclic amines) is 1. The lowest BCUT2D eigenvalue weighted by Gasteiger charge is -2.32. The van der Waals surface area contributed by atoms with Crippen molar-refractivity contribution in [1.29, 1.82) is 0 Å². The Morgan fingerprint density at radius 3 is 2.51 bits per heavy atom. The predicted octanol–water partition coefficient (Wildman–Crippen LogP) is 4.04. The summed E-state index contributed by atoms with van der Waals surface area (Å²) in [7, 11) is 0. The number of amides is 4. The van der Waals surface area contributed by atoms with E-state index in [2.05, 4.69) is 23.5 Å². The number of aromatic nitrogens is 1. The van der Waals surface area contributed by atoms with E-state index in [1.807, 2.05) is 23.1 Å². The topological polar surface area (TPSA) is 143 Å². The summed E-state index contributed by atoms with van der Waals surface area (Å²) in [5, 5.41) is 4.41. The summed E-state index contributed by atoms with van der Waals surface area (Å²) in [5.41, 5.74) is 8.64. The van der Waals surface area contributed by atoms with Crippen LogP contribution in [0.2, 0.25) is 0 Å². The van der Waals surface area contributed by atoms with E-state index in [-0.39, 0.29) is 29.9 Å². The number of nitrogens with one attached hydrogen (secondary N) is 1. The van der Waals surface area contributed by atoms with E-state index in [1.54, 1.807) is 18.2 Å². The Balaban J connectivity index is 1.02. The van der Waals surface area contributed by atoms with Crippen molar-refractivity contribution in [3.63, 3.8) is 0 Å². The van der Waals surface area contributed by atoms with Gasteiger partial charge in [0.1, 0.15) is 12.3 Å². The standard InChI is InChI=1S/C33H37N5O5/c34-31(41)29(9-6-20-39)38-32(42)25-13-12-24(21-26(25)33(38)43)35-17-5-1-2-10-30(40)37-18-15-23(16-19-37)28-14-11-22-7-3-4-8-27(22)36-28/h3-4,7-8,11-14,20-21,23,29,35H,1-2,5-6,9-10,15-19H2,(H2,34,41). The Kier molecular flexibility index (Phi) is 9.44. The normalized spacial score (nSPS) is 15.9. The summed E-state index contributed by atoms with van der Waals surface area (Å²) in [5.74, 6) is -1.42. The van der Waals surface area contributed by atoms with Crippen molar-refractivity contribution in [1.82, 2.24) is 14.8 Å². The smallest absolute Gasteiger partial charge is 0.262 e. The molecule has 2 aromatic carbocycles. The number of hydrogen-bond donors (Lipinski definition) is 2. The molecule has 5 rings (SSSR count). The fourth-order valence-electron chi connectivity index (χ4n) is 5.98. The Hall–Kier alpha value is -4.60. The molecule has 3 N–H and O–H groups in total. The van der Waals surface area contributed by atoms with Crippen LogP contribution in [0.15, 0.2) is 54.6 Å². The first-order valence-electron chi connectivity index (χ1n) is 15.0. The lowest BCUT2D eigenvalue weighted by molar-refractivity contribution is -0.132. The number of piperidine rings is 1. The van der Waals surface area contributed by atoms with Crippen LogP contribution >= 0.6 is 0 Å². The number of anilines is 1. The number of carbonyl (C=O) groups excluding carboxylic acids is 5. The van der Waals surface area contributed by atoms with E-state index in [9.17, 15) is 24.0 Å².